The molecule has 0 unspecified atom stereocenters. The highest BCUT2D eigenvalue weighted by atomic mass is 16.5. The molecule has 36 heavy (non-hydrogen) atoms. The highest BCUT2D eigenvalue weighted by Crippen LogP contribution is 2.22. The number of carboxylic acid groups (broad SMARTS) is 4. The average molecular weight is 494 g/mol. The number of rotatable bonds is 8. The fourth-order valence-electron chi connectivity index (χ4n) is 2.96. The van der Waals surface area contributed by atoms with Gasteiger partial charge in [-0.25, -0.2) is 28.8 Å². The van der Waals surface area contributed by atoms with Crippen molar-refractivity contribution in [1.29, 1.82) is 0 Å². The molecule has 3 aromatic carbocycles. The van der Waals surface area contributed by atoms with Gasteiger partial charge in [-0.15, -0.1) is 0 Å². The van der Waals surface area contributed by atoms with E-state index < -0.39 is 58.1 Å². The quantitative estimate of drug-likeness (QED) is 0.264. The number of carboxylic acids is 4. The Morgan fingerprint density at radius 1 is 0.444 bits per heavy atom. The van der Waals surface area contributed by atoms with Crippen LogP contribution in [0.3, 0.4) is 0 Å². The Morgan fingerprint density at radius 3 is 1.06 bits per heavy atom. The highest BCUT2D eigenvalue weighted by Gasteiger charge is 2.22. The second kappa shape index (κ2) is 10.2. The van der Waals surface area contributed by atoms with E-state index in [1.807, 2.05) is 0 Å². The van der Waals surface area contributed by atoms with E-state index in [0.717, 1.165) is 36.4 Å². The third kappa shape index (κ3) is 5.51. The number of carbonyl (C=O) groups excluding carboxylic acids is 2. The summed E-state index contributed by atoms with van der Waals surface area (Å²) in [5.74, 6) is -8.15. The van der Waals surface area contributed by atoms with Gasteiger partial charge in [-0.3, -0.25) is 0 Å². The summed E-state index contributed by atoms with van der Waals surface area (Å²) in [5, 5.41) is 36.6. The van der Waals surface area contributed by atoms with Crippen molar-refractivity contribution in [3.63, 3.8) is 0 Å². The Balaban J connectivity index is 1.76. The molecule has 12 heteroatoms. The molecule has 0 aliphatic rings. The fraction of sp³-hybridized carbons (Fsp3) is 0. The molecular weight excluding hydrogens is 480 g/mol. The maximum Gasteiger partial charge on any atom is 0.344 e. The first-order valence-electron chi connectivity index (χ1n) is 9.73. The maximum absolute atomic E-state index is 12.4. The van der Waals surface area contributed by atoms with Gasteiger partial charge in [0.2, 0.25) is 0 Å². The van der Waals surface area contributed by atoms with Crippen LogP contribution in [0.2, 0.25) is 0 Å². The van der Waals surface area contributed by atoms with E-state index in [2.05, 4.69) is 0 Å². The van der Waals surface area contributed by atoms with Crippen molar-refractivity contribution in [3.8, 4) is 11.5 Å². The molecule has 0 fully saturated rings. The number of esters is 2. The number of ether oxygens (including phenoxy) is 2. The second-order valence-electron chi connectivity index (χ2n) is 6.99. The molecule has 0 spiro atoms. The van der Waals surface area contributed by atoms with Crippen LogP contribution in [0.1, 0.15) is 62.1 Å². The van der Waals surface area contributed by atoms with Crippen molar-refractivity contribution in [2.75, 3.05) is 0 Å². The predicted octanol–water partition coefficient (Wildman–Crippen LogP) is 2.92. The van der Waals surface area contributed by atoms with E-state index in [9.17, 15) is 39.0 Å². The molecule has 0 aliphatic carbocycles. The molecule has 4 N–H and O–H groups in total. The first-order valence-corrected chi connectivity index (χ1v) is 9.73. The van der Waals surface area contributed by atoms with Crippen molar-refractivity contribution in [2.24, 2.45) is 0 Å². The largest absolute Gasteiger partial charge is 0.478 e. The standard InChI is InChI=1S/C24H14O12/c25-19(26)11-1-7-15(17(9-11)21(29)30)23(33)35-13-3-5-14(6-4-13)36-24(34)16-8-2-12(20(27)28)10-18(16)22(31)32/h1-10H,(H,25,26)(H,27,28)(H,29,30)(H,31,32). The molecule has 0 saturated heterocycles. The lowest BCUT2D eigenvalue weighted by Crippen LogP contribution is -2.16. The summed E-state index contributed by atoms with van der Waals surface area (Å²) in [7, 11) is 0. The third-order valence-electron chi connectivity index (χ3n) is 4.68. The molecule has 0 amide bonds. The van der Waals surface area contributed by atoms with Gasteiger partial charge < -0.3 is 29.9 Å². The van der Waals surface area contributed by atoms with Gasteiger partial charge in [-0.2, -0.15) is 0 Å². The molecule has 0 radical (unpaired) electrons. The highest BCUT2D eigenvalue weighted by molar-refractivity contribution is 6.06. The van der Waals surface area contributed by atoms with Crippen LogP contribution in [-0.2, 0) is 0 Å². The molecular formula is C24H14O12. The van der Waals surface area contributed by atoms with Crippen molar-refractivity contribution in [3.05, 3.63) is 94.0 Å². The average Bonchev–Trinajstić information content (AvgIpc) is 2.84. The van der Waals surface area contributed by atoms with Crippen molar-refractivity contribution in [2.45, 2.75) is 0 Å². The van der Waals surface area contributed by atoms with Crippen LogP contribution in [0, 0.1) is 0 Å². The van der Waals surface area contributed by atoms with Crippen LogP contribution >= 0.6 is 0 Å². The smallest absolute Gasteiger partial charge is 0.344 e. The van der Waals surface area contributed by atoms with E-state index in [1.165, 1.54) is 24.3 Å². The van der Waals surface area contributed by atoms with Gasteiger partial charge in [-0.1, -0.05) is 0 Å². The molecule has 0 aromatic heterocycles. The minimum Gasteiger partial charge on any atom is -0.478 e. The number of carbonyl (C=O) groups is 6. The van der Waals surface area contributed by atoms with Gasteiger partial charge in [0.25, 0.3) is 0 Å². The third-order valence-corrected chi connectivity index (χ3v) is 4.68. The van der Waals surface area contributed by atoms with Gasteiger partial charge in [0.05, 0.1) is 33.4 Å². The summed E-state index contributed by atoms with van der Waals surface area (Å²) in [6.07, 6.45) is 0. The van der Waals surface area contributed by atoms with E-state index in [-0.39, 0.29) is 22.6 Å². The molecule has 0 atom stereocenters. The number of benzene rings is 3. The monoisotopic (exact) mass is 494 g/mol. The molecule has 182 valence electrons. The van der Waals surface area contributed by atoms with Gasteiger partial charge >= 0.3 is 35.8 Å². The van der Waals surface area contributed by atoms with Gasteiger partial charge in [0, 0.05) is 0 Å². The lowest BCUT2D eigenvalue weighted by Gasteiger charge is -2.10. The van der Waals surface area contributed by atoms with E-state index >= 15 is 0 Å². The number of aromatic carboxylic acids is 4. The molecule has 3 aromatic rings. The van der Waals surface area contributed by atoms with Gasteiger partial charge in [0.15, 0.2) is 0 Å². The summed E-state index contributed by atoms with van der Waals surface area (Å²) in [5.41, 5.74) is -2.61. The van der Waals surface area contributed by atoms with Crippen LogP contribution in [-0.4, -0.2) is 56.2 Å². The van der Waals surface area contributed by atoms with Crippen LogP contribution in [0.15, 0.2) is 60.7 Å². The normalized spacial score (nSPS) is 10.2. The van der Waals surface area contributed by atoms with Crippen molar-refractivity contribution in [1.82, 2.24) is 0 Å². The molecule has 0 saturated carbocycles. The van der Waals surface area contributed by atoms with E-state index in [1.54, 1.807) is 0 Å². The zero-order valence-electron chi connectivity index (χ0n) is 17.8. The van der Waals surface area contributed by atoms with E-state index in [0.29, 0.717) is 0 Å². The Bertz CT molecular complexity index is 1310. The van der Waals surface area contributed by atoms with Crippen LogP contribution in [0.25, 0.3) is 0 Å². The zero-order chi connectivity index (χ0) is 26.6. The number of hydrogen-bond acceptors (Lipinski definition) is 8. The minimum absolute atomic E-state index is 0.0736. The lowest BCUT2D eigenvalue weighted by molar-refractivity contribution is 0.0660. The summed E-state index contributed by atoms with van der Waals surface area (Å²) in [4.78, 5) is 69.8. The SMILES string of the molecule is O=C(O)c1ccc(C(=O)Oc2ccc(OC(=O)c3ccc(C(=O)O)cc3C(=O)O)cc2)c(C(=O)O)c1. The van der Waals surface area contributed by atoms with Gasteiger partial charge in [-0.05, 0) is 60.7 Å². The molecule has 0 heterocycles. The lowest BCUT2D eigenvalue weighted by atomic mass is 10.0. The molecule has 12 nitrogen and oxygen atoms in total. The Hall–Kier alpha value is -5.52. The number of hydrogen-bond donors (Lipinski definition) is 4. The molecule has 0 aliphatic heterocycles. The molecule has 0 bridgehead atoms. The summed E-state index contributed by atoms with van der Waals surface area (Å²) >= 11 is 0. The first-order chi connectivity index (χ1) is 17.0. The van der Waals surface area contributed by atoms with Crippen molar-refractivity contribution >= 4 is 35.8 Å². The summed E-state index contributed by atoms with van der Waals surface area (Å²) in [6.45, 7) is 0. The first kappa shape index (κ1) is 25.1. The fourth-order valence-corrected chi connectivity index (χ4v) is 2.96. The zero-order valence-corrected chi connectivity index (χ0v) is 17.8. The predicted molar refractivity (Wildman–Crippen MR) is 117 cm³/mol. The Kier molecular flexibility index (Phi) is 7.10. The Morgan fingerprint density at radius 2 is 0.778 bits per heavy atom. The van der Waals surface area contributed by atoms with Crippen LogP contribution < -0.4 is 9.47 Å². The van der Waals surface area contributed by atoms with E-state index in [4.69, 9.17) is 19.7 Å². The topological polar surface area (TPSA) is 202 Å². The second-order valence-corrected chi connectivity index (χ2v) is 6.99. The van der Waals surface area contributed by atoms with Gasteiger partial charge in [0.1, 0.15) is 11.5 Å². The van der Waals surface area contributed by atoms with Crippen LogP contribution in [0.5, 0.6) is 11.5 Å². The van der Waals surface area contributed by atoms with Crippen LogP contribution in [0.4, 0.5) is 0 Å². The van der Waals surface area contributed by atoms with Crippen molar-refractivity contribution < 1.29 is 58.7 Å². The Labute approximate surface area is 200 Å². The molecule has 3 rings (SSSR count). The summed E-state index contributed by atoms with van der Waals surface area (Å²) in [6, 6.07) is 10.6. The summed E-state index contributed by atoms with van der Waals surface area (Å²) < 4.78 is 10.2. The maximum atomic E-state index is 12.4. The minimum atomic E-state index is -1.54.